The first-order valence-corrected chi connectivity index (χ1v) is 6.25. The first-order chi connectivity index (χ1) is 6.77. The van der Waals surface area contributed by atoms with Crippen molar-refractivity contribution in [2.75, 3.05) is 19.6 Å². The molecule has 0 bridgehead atoms. The van der Waals surface area contributed by atoms with Gasteiger partial charge in [-0.15, -0.1) is 0 Å². The fourth-order valence-corrected chi connectivity index (χ4v) is 2.46. The molecule has 1 heterocycles. The van der Waals surface area contributed by atoms with Crippen LogP contribution in [-0.4, -0.2) is 36.6 Å². The van der Waals surface area contributed by atoms with Gasteiger partial charge in [0.05, 0.1) is 0 Å². The third-order valence-corrected chi connectivity index (χ3v) is 3.37. The average Bonchev–Trinajstić information content (AvgIpc) is 2.62. The van der Waals surface area contributed by atoms with E-state index in [1.165, 1.54) is 38.8 Å². The summed E-state index contributed by atoms with van der Waals surface area (Å²) in [5.74, 6) is 0. The lowest BCUT2D eigenvalue weighted by molar-refractivity contribution is 0.236. The number of likely N-dealkylation sites (tertiary alicyclic amines) is 1. The zero-order chi connectivity index (χ0) is 10.4. The van der Waals surface area contributed by atoms with Crippen LogP contribution in [0.4, 0.5) is 0 Å². The lowest BCUT2D eigenvalue weighted by Crippen LogP contribution is -2.34. The molecule has 1 fully saturated rings. The van der Waals surface area contributed by atoms with Crippen LogP contribution in [-0.2, 0) is 0 Å². The van der Waals surface area contributed by atoms with Crippen molar-refractivity contribution in [1.82, 2.24) is 10.2 Å². The number of nitrogens with zero attached hydrogens (tertiary/aromatic N) is 1. The summed E-state index contributed by atoms with van der Waals surface area (Å²) in [6, 6.07) is 1.56. The van der Waals surface area contributed by atoms with Crippen molar-refractivity contribution >= 4 is 0 Å². The molecule has 0 spiro atoms. The SMILES string of the molecule is CCNC(C)CCN1CCCC1CC. The Bertz CT molecular complexity index is 147. The van der Waals surface area contributed by atoms with Crippen LogP contribution in [0, 0.1) is 0 Å². The highest BCUT2D eigenvalue weighted by Gasteiger charge is 2.22. The fraction of sp³-hybridized carbons (Fsp3) is 1.00. The van der Waals surface area contributed by atoms with E-state index in [1.807, 2.05) is 0 Å². The van der Waals surface area contributed by atoms with Crippen LogP contribution in [0.15, 0.2) is 0 Å². The molecule has 0 amide bonds. The van der Waals surface area contributed by atoms with Crippen molar-refractivity contribution in [3.63, 3.8) is 0 Å². The predicted molar refractivity (Wildman–Crippen MR) is 62.6 cm³/mol. The summed E-state index contributed by atoms with van der Waals surface area (Å²) < 4.78 is 0. The highest BCUT2D eigenvalue weighted by atomic mass is 15.2. The van der Waals surface area contributed by atoms with E-state index >= 15 is 0 Å². The third-order valence-electron chi connectivity index (χ3n) is 3.37. The Morgan fingerprint density at radius 2 is 2.21 bits per heavy atom. The molecule has 0 aromatic heterocycles. The van der Waals surface area contributed by atoms with Crippen molar-refractivity contribution < 1.29 is 0 Å². The van der Waals surface area contributed by atoms with Gasteiger partial charge in [-0.2, -0.15) is 0 Å². The van der Waals surface area contributed by atoms with Crippen molar-refractivity contribution in [3.8, 4) is 0 Å². The molecule has 0 radical (unpaired) electrons. The van der Waals surface area contributed by atoms with E-state index in [2.05, 4.69) is 31.0 Å². The topological polar surface area (TPSA) is 15.3 Å². The van der Waals surface area contributed by atoms with Crippen LogP contribution >= 0.6 is 0 Å². The van der Waals surface area contributed by atoms with Crippen LogP contribution < -0.4 is 5.32 Å². The van der Waals surface area contributed by atoms with E-state index in [4.69, 9.17) is 0 Å². The monoisotopic (exact) mass is 198 g/mol. The maximum absolute atomic E-state index is 3.48. The molecule has 84 valence electrons. The molecule has 1 N–H and O–H groups in total. The van der Waals surface area contributed by atoms with E-state index in [0.717, 1.165) is 12.6 Å². The van der Waals surface area contributed by atoms with E-state index in [1.54, 1.807) is 0 Å². The smallest absolute Gasteiger partial charge is 0.00931 e. The van der Waals surface area contributed by atoms with Gasteiger partial charge >= 0.3 is 0 Å². The first-order valence-electron chi connectivity index (χ1n) is 6.25. The summed E-state index contributed by atoms with van der Waals surface area (Å²) in [5, 5.41) is 3.48. The zero-order valence-electron chi connectivity index (χ0n) is 10.1. The van der Waals surface area contributed by atoms with Gasteiger partial charge < -0.3 is 10.2 Å². The first kappa shape index (κ1) is 12.0. The summed E-state index contributed by atoms with van der Waals surface area (Å²) in [7, 11) is 0. The molecule has 1 aliphatic rings. The van der Waals surface area contributed by atoms with E-state index in [-0.39, 0.29) is 0 Å². The minimum Gasteiger partial charge on any atom is -0.314 e. The van der Waals surface area contributed by atoms with E-state index in [0.29, 0.717) is 6.04 Å². The Morgan fingerprint density at radius 1 is 1.43 bits per heavy atom. The maximum Gasteiger partial charge on any atom is 0.00931 e. The highest BCUT2D eigenvalue weighted by molar-refractivity contribution is 4.78. The standard InChI is InChI=1S/C12H26N2/c1-4-12-7-6-9-14(12)10-8-11(3)13-5-2/h11-13H,4-10H2,1-3H3. The van der Waals surface area contributed by atoms with Crippen LogP contribution in [0.2, 0.25) is 0 Å². The lowest BCUT2D eigenvalue weighted by atomic mass is 10.1. The molecule has 1 saturated heterocycles. The molecule has 2 heteroatoms. The van der Waals surface area contributed by atoms with Crippen molar-refractivity contribution in [3.05, 3.63) is 0 Å². The number of nitrogens with one attached hydrogen (secondary N) is 1. The number of rotatable bonds is 6. The molecule has 0 aromatic carbocycles. The number of hydrogen-bond donors (Lipinski definition) is 1. The van der Waals surface area contributed by atoms with Gasteiger partial charge in [-0.3, -0.25) is 0 Å². The Labute approximate surface area is 89.1 Å². The molecular formula is C12H26N2. The second-order valence-electron chi connectivity index (χ2n) is 4.49. The van der Waals surface area contributed by atoms with Crippen molar-refractivity contribution in [2.24, 2.45) is 0 Å². The maximum atomic E-state index is 3.48. The van der Waals surface area contributed by atoms with E-state index < -0.39 is 0 Å². The normalized spacial score (nSPS) is 25.5. The van der Waals surface area contributed by atoms with Crippen molar-refractivity contribution in [1.29, 1.82) is 0 Å². The molecule has 2 unspecified atom stereocenters. The van der Waals surface area contributed by atoms with Gasteiger partial charge in [0.1, 0.15) is 0 Å². The Hall–Kier alpha value is -0.0800. The summed E-state index contributed by atoms with van der Waals surface area (Å²) in [6.07, 6.45) is 5.46. The van der Waals surface area contributed by atoms with Crippen LogP contribution in [0.3, 0.4) is 0 Å². The van der Waals surface area contributed by atoms with Gasteiger partial charge in [-0.05, 0) is 52.2 Å². The molecule has 2 atom stereocenters. The summed E-state index contributed by atoms with van der Waals surface area (Å²) >= 11 is 0. The van der Waals surface area contributed by atoms with Gasteiger partial charge in [0.15, 0.2) is 0 Å². The van der Waals surface area contributed by atoms with E-state index in [9.17, 15) is 0 Å². The minimum absolute atomic E-state index is 0.679. The van der Waals surface area contributed by atoms with Crippen molar-refractivity contribution in [2.45, 2.75) is 58.5 Å². The summed E-state index contributed by atoms with van der Waals surface area (Å²) in [6.45, 7) is 10.5. The molecule has 1 aliphatic heterocycles. The second kappa shape index (κ2) is 6.41. The van der Waals surface area contributed by atoms with Gasteiger partial charge in [-0.1, -0.05) is 13.8 Å². The molecule has 0 saturated carbocycles. The Morgan fingerprint density at radius 3 is 2.86 bits per heavy atom. The minimum atomic E-state index is 0.679. The van der Waals surface area contributed by atoms with Gasteiger partial charge in [-0.25, -0.2) is 0 Å². The molecule has 2 nitrogen and oxygen atoms in total. The van der Waals surface area contributed by atoms with Gasteiger partial charge in [0.25, 0.3) is 0 Å². The molecule has 0 aromatic rings. The molecule has 14 heavy (non-hydrogen) atoms. The fourth-order valence-electron chi connectivity index (χ4n) is 2.46. The average molecular weight is 198 g/mol. The second-order valence-corrected chi connectivity index (χ2v) is 4.49. The number of hydrogen-bond acceptors (Lipinski definition) is 2. The molecular weight excluding hydrogens is 172 g/mol. The quantitative estimate of drug-likeness (QED) is 0.704. The third kappa shape index (κ3) is 3.58. The zero-order valence-corrected chi connectivity index (χ0v) is 10.1. The Balaban J connectivity index is 2.16. The molecule has 0 aliphatic carbocycles. The van der Waals surface area contributed by atoms with Crippen LogP contribution in [0.5, 0.6) is 0 Å². The summed E-state index contributed by atoms with van der Waals surface area (Å²) in [5.41, 5.74) is 0. The van der Waals surface area contributed by atoms with Gasteiger partial charge in [0, 0.05) is 12.1 Å². The summed E-state index contributed by atoms with van der Waals surface area (Å²) in [4.78, 5) is 2.67. The Kier molecular flexibility index (Phi) is 5.49. The van der Waals surface area contributed by atoms with Gasteiger partial charge in [0.2, 0.25) is 0 Å². The van der Waals surface area contributed by atoms with Crippen LogP contribution in [0.1, 0.15) is 46.5 Å². The highest BCUT2D eigenvalue weighted by Crippen LogP contribution is 2.19. The van der Waals surface area contributed by atoms with Crippen LogP contribution in [0.25, 0.3) is 0 Å². The lowest BCUT2D eigenvalue weighted by Gasteiger charge is -2.24. The predicted octanol–water partition coefficient (Wildman–Crippen LogP) is 2.25. The largest absolute Gasteiger partial charge is 0.314 e. The molecule has 1 rings (SSSR count).